The van der Waals surface area contributed by atoms with Crippen LogP contribution in [0.2, 0.25) is 0 Å². The number of halogens is 7. The number of rotatable bonds is 3. The minimum Gasteiger partial charge on any atom is -0.219 e. The predicted molar refractivity (Wildman–Crippen MR) is 40.0 cm³/mol. The Hall–Kier alpha value is -0.750. The summed E-state index contributed by atoms with van der Waals surface area (Å²) < 4.78 is 84.1. The molecule has 0 atom stereocenters. The van der Waals surface area contributed by atoms with Crippen LogP contribution in [0.25, 0.3) is 0 Å². The number of hydrogen-bond acceptors (Lipinski definition) is 0. The second kappa shape index (κ2) is 4.40. The molecule has 0 unspecified atom stereocenters. The molecule has 0 aromatic carbocycles. The van der Waals surface area contributed by atoms with E-state index in [0.29, 0.717) is 12.5 Å². The van der Waals surface area contributed by atoms with Crippen molar-refractivity contribution in [2.45, 2.75) is 37.8 Å². The molecule has 0 saturated carbocycles. The molecule has 7 heteroatoms. The molecule has 15 heavy (non-hydrogen) atoms. The number of unbranched alkanes of at least 4 members (excludes halogenated alkanes) is 1. The Labute approximate surface area is 81.8 Å². The maximum absolute atomic E-state index is 12.8. The maximum atomic E-state index is 12.8. The summed E-state index contributed by atoms with van der Waals surface area (Å²) in [6, 6.07) is 0. The number of alkyl halides is 7. The van der Waals surface area contributed by atoms with Gasteiger partial charge in [0.05, 0.1) is 0 Å². The van der Waals surface area contributed by atoms with Gasteiger partial charge in [0.15, 0.2) is 0 Å². The van der Waals surface area contributed by atoms with Crippen molar-refractivity contribution in [1.29, 1.82) is 0 Å². The fourth-order valence-electron chi connectivity index (χ4n) is 0.762. The van der Waals surface area contributed by atoms with Gasteiger partial charge in [-0.25, -0.2) is 4.39 Å². The highest BCUT2D eigenvalue weighted by molar-refractivity contribution is 5.10. The summed E-state index contributed by atoms with van der Waals surface area (Å²) in [6.45, 7) is 1.55. The summed E-state index contributed by atoms with van der Waals surface area (Å²) >= 11 is 0. The van der Waals surface area contributed by atoms with Crippen molar-refractivity contribution in [2.75, 3.05) is 0 Å². The first kappa shape index (κ1) is 14.2. The van der Waals surface area contributed by atoms with E-state index in [0.717, 1.165) is 0 Å². The molecule has 90 valence electrons. The second-order valence-corrected chi connectivity index (χ2v) is 2.90. The first-order valence-corrected chi connectivity index (χ1v) is 4.06. The largest absolute Gasteiger partial charge is 0.435 e. The molecule has 0 fully saturated rings. The fourth-order valence-corrected chi connectivity index (χ4v) is 0.762. The van der Waals surface area contributed by atoms with Gasteiger partial charge in [0.1, 0.15) is 0 Å². The molecule has 0 aliphatic heterocycles. The van der Waals surface area contributed by atoms with Gasteiger partial charge in [-0.15, -0.1) is 0 Å². The fraction of sp³-hybridized carbons (Fsp3) is 0.750. The summed E-state index contributed by atoms with van der Waals surface area (Å²) in [5.74, 6) is 0. The van der Waals surface area contributed by atoms with Crippen LogP contribution >= 0.6 is 0 Å². The quantitative estimate of drug-likeness (QED) is 0.511. The first-order valence-electron chi connectivity index (χ1n) is 4.06. The highest BCUT2D eigenvalue weighted by Crippen LogP contribution is 2.47. The van der Waals surface area contributed by atoms with Gasteiger partial charge >= 0.3 is 18.0 Å². The molecule has 0 rings (SSSR count). The van der Waals surface area contributed by atoms with Gasteiger partial charge in [0.25, 0.3) is 0 Å². The average molecular weight is 238 g/mol. The zero-order valence-electron chi connectivity index (χ0n) is 7.71. The van der Waals surface area contributed by atoms with Gasteiger partial charge in [0, 0.05) is 0 Å². The van der Waals surface area contributed by atoms with Crippen LogP contribution in [0.4, 0.5) is 30.7 Å². The molecular weight excluding hydrogens is 229 g/mol. The summed E-state index contributed by atoms with van der Waals surface area (Å²) in [5.41, 5.74) is -5.25. The predicted octanol–water partition coefficient (Wildman–Crippen LogP) is 4.18. The summed E-state index contributed by atoms with van der Waals surface area (Å²) in [6.07, 6.45) is -11.6. The van der Waals surface area contributed by atoms with Crippen molar-refractivity contribution in [2.24, 2.45) is 0 Å². The molecular formula is C8H9F7. The average Bonchev–Trinajstić information content (AvgIpc) is 2.00. The van der Waals surface area contributed by atoms with E-state index < -0.39 is 24.1 Å². The Morgan fingerprint density at radius 2 is 1.27 bits per heavy atom. The summed E-state index contributed by atoms with van der Waals surface area (Å²) in [5, 5.41) is 0. The second-order valence-electron chi connectivity index (χ2n) is 2.90. The third-order valence-electron chi connectivity index (χ3n) is 1.63. The third-order valence-corrected chi connectivity index (χ3v) is 1.63. The Morgan fingerprint density at radius 1 is 0.867 bits per heavy atom. The van der Waals surface area contributed by atoms with E-state index in [1.54, 1.807) is 6.92 Å². The lowest BCUT2D eigenvalue weighted by molar-refractivity contribution is -0.322. The van der Waals surface area contributed by atoms with Crippen molar-refractivity contribution >= 4 is 0 Å². The van der Waals surface area contributed by atoms with Gasteiger partial charge in [-0.2, -0.15) is 26.3 Å². The monoisotopic (exact) mass is 238 g/mol. The van der Waals surface area contributed by atoms with Gasteiger partial charge < -0.3 is 0 Å². The standard InChI is InChI=1S/C8H9F7/c1-2-3-4-5-6(9,7(10,11)12)8(13,14)15/h4-5H,2-3H2,1H3/b5-4+. The Balaban J connectivity index is 5.06. The summed E-state index contributed by atoms with van der Waals surface area (Å²) in [4.78, 5) is 0. The van der Waals surface area contributed by atoms with E-state index in [2.05, 4.69) is 0 Å². The molecule has 0 N–H and O–H groups in total. The van der Waals surface area contributed by atoms with Crippen LogP contribution < -0.4 is 0 Å². The van der Waals surface area contributed by atoms with Crippen LogP contribution in [0.5, 0.6) is 0 Å². The van der Waals surface area contributed by atoms with Gasteiger partial charge in [-0.1, -0.05) is 19.4 Å². The summed E-state index contributed by atoms with van der Waals surface area (Å²) in [7, 11) is 0. The van der Waals surface area contributed by atoms with Crippen LogP contribution in [-0.2, 0) is 0 Å². The van der Waals surface area contributed by atoms with Crippen molar-refractivity contribution < 1.29 is 30.7 Å². The molecule has 0 spiro atoms. The molecule has 0 bridgehead atoms. The van der Waals surface area contributed by atoms with Crippen molar-refractivity contribution in [3.05, 3.63) is 12.2 Å². The Morgan fingerprint density at radius 3 is 1.53 bits per heavy atom. The van der Waals surface area contributed by atoms with Crippen molar-refractivity contribution in [3.63, 3.8) is 0 Å². The highest BCUT2D eigenvalue weighted by atomic mass is 19.4. The van der Waals surface area contributed by atoms with E-state index in [9.17, 15) is 30.7 Å². The third kappa shape index (κ3) is 3.10. The van der Waals surface area contributed by atoms with Gasteiger partial charge in [-0.05, 0) is 12.5 Å². The van der Waals surface area contributed by atoms with Gasteiger partial charge in [-0.3, -0.25) is 0 Å². The van der Waals surface area contributed by atoms with Crippen LogP contribution in [0.15, 0.2) is 12.2 Å². The molecule has 0 aromatic heterocycles. The van der Waals surface area contributed by atoms with Crippen LogP contribution in [0, 0.1) is 0 Å². The van der Waals surface area contributed by atoms with Crippen LogP contribution in [0.1, 0.15) is 19.8 Å². The Bertz CT molecular complexity index is 208. The number of hydrogen-bond donors (Lipinski definition) is 0. The van der Waals surface area contributed by atoms with Crippen molar-refractivity contribution in [3.8, 4) is 0 Å². The molecule has 0 aromatic rings. The SMILES string of the molecule is CCC/C=C/C(F)(C(F)(F)F)C(F)(F)F. The molecule has 0 radical (unpaired) electrons. The van der Waals surface area contributed by atoms with Crippen molar-refractivity contribution in [1.82, 2.24) is 0 Å². The molecule has 0 aliphatic rings. The number of allylic oxidation sites excluding steroid dienone is 2. The molecule has 0 aliphatic carbocycles. The minimum absolute atomic E-state index is 0.0438. The van der Waals surface area contributed by atoms with E-state index in [4.69, 9.17) is 0 Å². The lowest BCUT2D eigenvalue weighted by Crippen LogP contribution is -2.51. The minimum atomic E-state index is -5.99. The topological polar surface area (TPSA) is 0 Å². The smallest absolute Gasteiger partial charge is 0.219 e. The Kier molecular flexibility index (Phi) is 4.18. The van der Waals surface area contributed by atoms with E-state index in [-0.39, 0.29) is 6.42 Å². The van der Waals surface area contributed by atoms with Gasteiger partial charge in [0.2, 0.25) is 0 Å². The zero-order chi connectivity index (χ0) is 12.3. The first-order chi connectivity index (χ1) is 6.56. The molecule has 0 amide bonds. The van der Waals surface area contributed by atoms with E-state index >= 15 is 0 Å². The normalized spacial score (nSPS) is 14.9. The zero-order valence-corrected chi connectivity index (χ0v) is 7.71. The molecule has 0 nitrogen and oxygen atoms in total. The van der Waals surface area contributed by atoms with E-state index in [1.165, 1.54) is 0 Å². The van der Waals surface area contributed by atoms with Crippen LogP contribution in [0.3, 0.4) is 0 Å². The lowest BCUT2D eigenvalue weighted by atomic mass is 10.0. The molecule has 0 heterocycles. The van der Waals surface area contributed by atoms with Crippen LogP contribution in [-0.4, -0.2) is 18.0 Å². The lowest BCUT2D eigenvalue weighted by Gasteiger charge is -2.26. The van der Waals surface area contributed by atoms with E-state index in [1.807, 2.05) is 0 Å². The maximum Gasteiger partial charge on any atom is 0.435 e. The highest BCUT2D eigenvalue weighted by Gasteiger charge is 2.70. The molecule has 0 saturated heterocycles.